The van der Waals surface area contributed by atoms with E-state index >= 15 is 0 Å². The van der Waals surface area contributed by atoms with Crippen molar-refractivity contribution in [3.05, 3.63) is 0 Å². The van der Waals surface area contributed by atoms with Crippen molar-refractivity contribution in [2.24, 2.45) is 5.92 Å². The molecular weight excluding hydrogens is 241 g/mol. The summed E-state index contributed by atoms with van der Waals surface area (Å²) < 4.78 is 2.57. The monoisotopic (exact) mass is 255 g/mol. The molecule has 0 aliphatic carbocycles. The van der Waals surface area contributed by atoms with Crippen molar-refractivity contribution < 1.29 is 4.79 Å². The lowest BCUT2D eigenvalue weighted by Gasteiger charge is -2.01. The Labute approximate surface area is 76.3 Å². The predicted molar refractivity (Wildman–Crippen MR) is 50.9 cm³/mol. The lowest BCUT2D eigenvalue weighted by molar-refractivity contribution is -0.118. The number of carbonyl (C=O) groups excluding carboxylic acids is 1. The summed E-state index contributed by atoms with van der Waals surface area (Å²) in [5.74, 6) is 0.850. The summed E-state index contributed by atoms with van der Waals surface area (Å²) in [5, 5.41) is 0. The highest BCUT2D eigenvalue weighted by Crippen LogP contribution is 2.05. The number of carbonyl (C=O) groups is 1. The minimum absolute atomic E-state index is 0.140. The van der Waals surface area contributed by atoms with E-state index in [0.29, 0.717) is 12.3 Å². The number of halogens is 1. The minimum atomic E-state index is 0.140. The smallest absolute Gasteiger partial charge is 0.228 e. The van der Waals surface area contributed by atoms with Gasteiger partial charge in [-0.05, 0) is 12.3 Å². The van der Waals surface area contributed by atoms with Gasteiger partial charge in [0.1, 0.15) is 0 Å². The Morgan fingerprint density at radius 3 is 2.60 bits per heavy atom. The van der Waals surface area contributed by atoms with Crippen molar-refractivity contribution >= 4 is 28.8 Å². The second-order valence-corrected chi connectivity index (χ2v) is 3.34. The van der Waals surface area contributed by atoms with Crippen molar-refractivity contribution in [1.82, 2.24) is 3.53 Å². The maximum atomic E-state index is 10.7. The molecule has 1 amide bonds. The number of amides is 1. The van der Waals surface area contributed by atoms with Crippen LogP contribution in [0.1, 0.15) is 33.1 Å². The lowest BCUT2D eigenvalue weighted by atomic mass is 10.1. The first-order valence-corrected chi connectivity index (χ1v) is 4.64. The Balaban J connectivity index is 3.12. The molecule has 0 saturated carbocycles. The van der Waals surface area contributed by atoms with Crippen LogP contribution in [0.25, 0.3) is 0 Å². The fraction of sp³-hybridized carbons (Fsp3) is 0.857. The Kier molecular flexibility index (Phi) is 6.06. The Hall–Kier alpha value is 0.200. The summed E-state index contributed by atoms with van der Waals surface area (Å²) in [4.78, 5) is 10.7. The van der Waals surface area contributed by atoms with Gasteiger partial charge >= 0.3 is 0 Å². The maximum absolute atomic E-state index is 10.7. The van der Waals surface area contributed by atoms with E-state index in [0.717, 1.165) is 12.8 Å². The van der Waals surface area contributed by atoms with Gasteiger partial charge in [-0.15, -0.1) is 0 Å². The third-order valence-electron chi connectivity index (χ3n) is 1.29. The van der Waals surface area contributed by atoms with E-state index < -0.39 is 0 Å². The van der Waals surface area contributed by atoms with E-state index in [4.69, 9.17) is 0 Å². The molecule has 1 N–H and O–H groups in total. The predicted octanol–water partition coefficient (Wildman–Crippen LogP) is 2.28. The van der Waals surface area contributed by atoms with Crippen LogP contribution < -0.4 is 3.53 Å². The van der Waals surface area contributed by atoms with Crippen molar-refractivity contribution in [2.45, 2.75) is 33.1 Å². The van der Waals surface area contributed by atoms with Crippen LogP contribution in [0.5, 0.6) is 0 Å². The molecule has 0 aliphatic rings. The molecule has 0 atom stereocenters. The van der Waals surface area contributed by atoms with Gasteiger partial charge in [-0.1, -0.05) is 20.3 Å². The molecule has 0 radical (unpaired) electrons. The van der Waals surface area contributed by atoms with E-state index in [1.165, 1.54) is 0 Å². The van der Waals surface area contributed by atoms with Crippen molar-refractivity contribution in [2.75, 3.05) is 0 Å². The zero-order valence-corrected chi connectivity index (χ0v) is 8.64. The van der Waals surface area contributed by atoms with Crippen LogP contribution in [0, 0.1) is 5.92 Å². The number of hydrogen-bond acceptors (Lipinski definition) is 1. The average Bonchev–Trinajstić information content (AvgIpc) is 1.87. The molecule has 0 aromatic rings. The summed E-state index contributed by atoms with van der Waals surface area (Å²) >= 11 is 1.87. The molecule has 0 heterocycles. The molecule has 60 valence electrons. The van der Waals surface area contributed by atoms with Crippen molar-refractivity contribution in [1.29, 1.82) is 0 Å². The van der Waals surface area contributed by atoms with Gasteiger partial charge in [-0.3, -0.25) is 8.32 Å². The molecule has 0 aromatic heterocycles. The number of nitrogens with one attached hydrogen (secondary N) is 1. The van der Waals surface area contributed by atoms with Crippen LogP contribution in [-0.4, -0.2) is 5.91 Å². The third-order valence-corrected chi connectivity index (χ3v) is 1.89. The van der Waals surface area contributed by atoms with Crippen LogP contribution in [0.4, 0.5) is 0 Å². The molecule has 10 heavy (non-hydrogen) atoms. The first-order chi connectivity index (χ1) is 4.66. The van der Waals surface area contributed by atoms with E-state index in [9.17, 15) is 4.79 Å². The topological polar surface area (TPSA) is 29.1 Å². The zero-order valence-electron chi connectivity index (χ0n) is 6.48. The summed E-state index contributed by atoms with van der Waals surface area (Å²) in [7, 11) is 0. The summed E-state index contributed by atoms with van der Waals surface area (Å²) in [6.45, 7) is 4.34. The van der Waals surface area contributed by atoms with Gasteiger partial charge in [0.25, 0.3) is 0 Å². The molecule has 2 nitrogen and oxygen atoms in total. The molecule has 0 aliphatic heterocycles. The SMILES string of the molecule is CC(C)CCCC(=O)NI. The number of hydrogen-bond donors (Lipinski definition) is 1. The van der Waals surface area contributed by atoms with Crippen LogP contribution >= 0.6 is 22.9 Å². The normalized spacial score (nSPS) is 10.0. The Bertz CT molecular complexity index is 104. The molecular formula is C7H14INO. The molecule has 0 fully saturated rings. The standard InChI is InChI=1S/C7H14INO/c1-6(2)4-3-5-7(10)9-8/h6H,3-5H2,1-2H3,(H,9,10). The van der Waals surface area contributed by atoms with Gasteiger partial charge in [0, 0.05) is 6.42 Å². The van der Waals surface area contributed by atoms with Crippen LogP contribution in [0.3, 0.4) is 0 Å². The fourth-order valence-corrected chi connectivity index (χ4v) is 0.988. The second-order valence-electron chi connectivity index (χ2n) is 2.80. The molecule has 3 heteroatoms. The van der Waals surface area contributed by atoms with E-state index in [2.05, 4.69) is 17.4 Å². The minimum Gasteiger partial charge on any atom is -0.299 e. The Morgan fingerprint density at radius 2 is 2.20 bits per heavy atom. The van der Waals surface area contributed by atoms with E-state index in [1.807, 2.05) is 22.9 Å². The van der Waals surface area contributed by atoms with Gasteiger partial charge in [0.05, 0.1) is 22.9 Å². The summed E-state index contributed by atoms with van der Waals surface area (Å²) in [5.41, 5.74) is 0. The van der Waals surface area contributed by atoms with Crippen LogP contribution in [0.2, 0.25) is 0 Å². The highest BCUT2D eigenvalue weighted by Gasteiger charge is 1.99. The van der Waals surface area contributed by atoms with Gasteiger partial charge < -0.3 is 0 Å². The van der Waals surface area contributed by atoms with Crippen molar-refractivity contribution in [3.8, 4) is 0 Å². The summed E-state index contributed by atoms with van der Waals surface area (Å²) in [6, 6.07) is 0. The summed E-state index contributed by atoms with van der Waals surface area (Å²) in [6.07, 6.45) is 2.82. The molecule has 0 rings (SSSR count). The highest BCUT2D eigenvalue weighted by molar-refractivity contribution is 14.1. The van der Waals surface area contributed by atoms with Crippen LogP contribution in [-0.2, 0) is 4.79 Å². The highest BCUT2D eigenvalue weighted by atomic mass is 127. The largest absolute Gasteiger partial charge is 0.299 e. The van der Waals surface area contributed by atoms with Gasteiger partial charge in [-0.2, -0.15) is 0 Å². The van der Waals surface area contributed by atoms with Gasteiger partial charge in [-0.25, -0.2) is 0 Å². The zero-order chi connectivity index (χ0) is 7.98. The fourth-order valence-electron chi connectivity index (χ4n) is 0.718. The van der Waals surface area contributed by atoms with Crippen LogP contribution in [0.15, 0.2) is 0 Å². The first-order valence-electron chi connectivity index (χ1n) is 3.56. The molecule has 0 spiro atoms. The van der Waals surface area contributed by atoms with Gasteiger partial charge in [0.15, 0.2) is 0 Å². The van der Waals surface area contributed by atoms with E-state index in [1.54, 1.807) is 0 Å². The van der Waals surface area contributed by atoms with Gasteiger partial charge in [0.2, 0.25) is 5.91 Å². The van der Waals surface area contributed by atoms with E-state index in [-0.39, 0.29) is 5.91 Å². The Morgan fingerprint density at radius 1 is 1.60 bits per heavy atom. The third kappa shape index (κ3) is 6.32. The van der Waals surface area contributed by atoms with Crippen molar-refractivity contribution in [3.63, 3.8) is 0 Å². The molecule has 0 aromatic carbocycles. The first kappa shape index (κ1) is 10.2. The quantitative estimate of drug-likeness (QED) is 0.606. The molecule has 0 unspecified atom stereocenters. The average molecular weight is 255 g/mol. The number of rotatable bonds is 4. The maximum Gasteiger partial charge on any atom is 0.228 e. The molecule has 0 saturated heterocycles. The second kappa shape index (κ2) is 5.95. The lowest BCUT2D eigenvalue weighted by Crippen LogP contribution is -2.10. The molecule has 0 bridgehead atoms.